The van der Waals surface area contributed by atoms with Gasteiger partial charge in [0.25, 0.3) is 0 Å². The Morgan fingerprint density at radius 3 is 2.72 bits per heavy atom. The second kappa shape index (κ2) is 6.07. The highest BCUT2D eigenvalue weighted by atomic mass is 16.8. The van der Waals surface area contributed by atoms with E-state index in [1.807, 2.05) is 30.3 Å². The van der Waals surface area contributed by atoms with Gasteiger partial charge in [0.2, 0.25) is 0 Å². The standard InChI is InChI=1S/C19H22N2O4/c1-19(2)24-15(16(10-22)25-19)9-14(23)18-17-12(7-8-20-18)11-5-3-4-6-13(11)21-17/h3-8,14-16,21-23H,9-10H2,1-2H3. The molecule has 3 atom stereocenters. The molecule has 2 aromatic heterocycles. The van der Waals surface area contributed by atoms with Crippen molar-refractivity contribution >= 4 is 21.8 Å². The van der Waals surface area contributed by atoms with E-state index in [0.29, 0.717) is 12.1 Å². The molecule has 6 nitrogen and oxygen atoms in total. The number of rotatable bonds is 4. The van der Waals surface area contributed by atoms with Crippen molar-refractivity contribution in [3.05, 3.63) is 42.2 Å². The Labute approximate surface area is 145 Å². The van der Waals surface area contributed by atoms with Gasteiger partial charge in [-0.25, -0.2) is 0 Å². The number of fused-ring (bicyclic) bond motifs is 3. The fourth-order valence-corrected chi connectivity index (χ4v) is 3.64. The van der Waals surface area contributed by atoms with E-state index in [1.54, 1.807) is 20.0 Å². The average molecular weight is 342 g/mol. The molecule has 4 rings (SSSR count). The van der Waals surface area contributed by atoms with E-state index in [1.165, 1.54) is 0 Å². The molecule has 0 bridgehead atoms. The molecule has 0 saturated carbocycles. The molecule has 1 aromatic carbocycles. The Kier molecular flexibility index (Phi) is 4.00. The van der Waals surface area contributed by atoms with Gasteiger partial charge < -0.3 is 24.7 Å². The van der Waals surface area contributed by atoms with Crippen LogP contribution in [-0.4, -0.2) is 44.8 Å². The van der Waals surface area contributed by atoms with Crippen molar-refractivity contribution in [3.8, 4) is 0 Å². The van der Waals surface area contributed by atoms with Gasteiger partial charge in [0.05, 0.1) is 23.9 Å². The van der Waals surface area contributed by atoms with E-state index in [4.69, 9.17) is 9.47 Å². The van der Waals surface area contributed by atoms with Crippen LogP contribution in [0.25, 0.3) is 21.8 Å². The zero-order valence-electron chi connectivity index (χ0n) is 14.3. The fourth-order valence-electron chi connectivity index (χ4n) is 3.64. The minimum Gasteiger partial charge on any atom is -0.394 e. The lowest BCUT2D eigenvalue weighted by molar-refractivity contribution is -0.150. The van der Waals surface area contributed by atoms with Crippen molar-refractivity contribution in [2.24, 2.45) is 0 Å². The molecule has 3 N–H and O–H groups in total. The molecule has 0 spiro atoms. The van der Waals surface area contributed by atoms with Crippen LogP contribution in [0.4, 0.5) is 0 Å². The van der Waals surface area contributed by atoms with Crippen molar-refractivity contribution in [3.63, 3.8) is 0 Å². The molecule has 25 heavy (non-hydrogen) atoms. The molecule has 3 aromatic rings. The summed E-state index contributed by atoms with van der Waals surface area (Å²) in [5.41, 5.74) is 2.42. The van der Waals surface area contributed by atoms with Crippen molar-refractivity contribution in [2.45, 2.75) is 44.4 Å². The van der Waals surface area contributed by atoms with E-state index >= 15 is 0 Å². The summed E-state index contributed by atoms with van der Waals surface area (Å²) in [5, 5.41) is 22.4. The first kappa shape index (κ1) is 16.5. The Hall–Kier alpha value is -1.99. The maximum atomic E-state index is 10.8. The van der Waals surface area contributed by atoms with Crippen molar-refractivity contribution in [1.82, 2.24) is 9.97 Å². The number of para-hydroxylation sites is 1. The van der Waals surface area contributed by atoms with Crippen LogP contribution < -0.4 is 0 Å². The van der Waals surface area contributed by atoms with Crippen LogP contribution >= 0.6 is 0 Å². The fraction of sp³-hybridized carbons (Fsp3) is 0.421. The quantitative estimate of drug-likeness (QED) is 0.678. The summed E-state index contributed by atoms with van der Waals surface area (Å²) < 4.78 is 11.5. The van der Waals surface area contributed by atoms with Gasteiger partial charge in [0, 0.05) is 28.9 Å². The lowest BCUT2D eigenvalue weighted by Gasteiger charge is -2.19. The first-order chi connectivity index (χ1) is 12.0. The van der Waals surface area contributed by atoms with Gasteiger partial charge in [-0.1, -0.05) is 18.2 Å². The van der Waals surface area contributed by atoms with Gasteiger partial charge >= 0.3 is 0 Å². The summed E-state index contributed by atoms with van der Waals surface area (Å²) >= 11 is 0. The number of aliphatic hydroxyl groups is 2. The number of aromatic nitrogens is 2. The molecule has 132 valence electrons. The molecular formula is C19H22N2O4. The van der Waals surface area contributed by atoms with E-state index in [-0.39, 0.29) is 6.61 Å². The van der Waals surface area contributed by atoms with Crippen LogP contribution in [0.2, 0.25) is 0 Å². The summed E-state index contributed by atoms with van der Waals surface area (Å²) in [7, 11) is 0. The Balaban J connectivity index is 1.67. The summed E-state index contributed by atoms with van der Waals surface area (Å²) in [6.07, 6.45) is 0.341. The van der Waals surface area contributed by atoms with Crippen LogP contribution in [0.3, 0.4) is 0 Å². The number of aromatic amines is 1. The molecule has 0 aliphatic carbocycles. The van der Waals surface area contributed by atoms with Crippen LogP contribution in [0.5, 0.6) is 0 Å². The summed E-state index contributed by atoms with van der Waals surface area (Å²) in [6, 6.07) is 9.95. The molecule has 3 heterocycles. The molecule has 1 aliphatic rings. The van der Waals surface area contributed by atoms with Crippen LogP contribution in [0.1, 0.15) is 32.1 Å². The smallest absolute Gasteiger partial charge is 0.163 e. The van der Waals surface area contributed by atoms with Gasteiger partial charge in [0.1, 0.15) is 12.2 Å². The Bertz CT molecular complexity index is 905. The highest BCUT2D eigenvalue weighted by Crippen LogP contribution is 2.35. The minimum absolute atomic E-state index is 0.148. The van der Waals surface area contributed by atoms with Gasteiger partial charge in [-0.2, -0.15) is 0 Å². The monoisotopic (exact) mass is 342 g/mol. The van der Waals surface area contributed by atoms with Crippen LogP contribution in [-0.2, 0) is 9.47 Å². The van der Waals surface area contributed by atoms with E-state index < -0.39 is 24.1 Å². The number of H-pyrrole nitrogens is 1. The maximum absolute atomic E-state index is 10.8. The van der Waals surface area contributed by atoms with E-state index in [0.717, 1.165) is 21.8 Å². The number of ether oxygens (including phenoxy) is 2. The highest BCUT2D eigenvalue weighted by Gasteiger charge is 2.42. The minimum atomic E-state index is -0.826. The zero-order chi connectivity index (χ0) is 17.6. The van der Waals surface area contributed by atoms with Gasteiger partial charge in [-0.05, 0) is 26.0 Å². The SMILES string of the molecule is CC1(C)OC(CO)C(CC(O)c2nccc3c2[nH]c2ccccc23)O1. The molecule has 1 saturated heterocycles. The number of pyridine rings is 1. The van der Waals surface area contributed by atoms with Crippen LogP contribution in [0.15, 0.2) is 36.5 Å². The largest absolute Gasteiger partial charge is 0.394 e. The molecule has 6 heteroatoms. The average Bonchev–Trinajstić information content (AvgIpc) is 3.11. The van der Waals surface area contributed by atoms with Gasteiger partial charge in [-0.15, -0.1) is 0 Å². The predicted molar refractivity (Wildman–Crippen MR) is 94.1 cm³/mol. The van der Waals surface area contributed by atoms with E-state index in [2.05, 4.69) is 9.97 Å². The first-order valence-electron chi connectivity index (χ1n) is 8.48. The third-order valence-electron chi connectivity index (χ3n) is 4.69. The lowest BCUT2D eigenvalue weighted by atomic mass is 10.0. The highest BCUT2D eigenvalue weighted by molar-refractivity contribution is 6.07. The number of aliphatic hydroxyl groups excluding tert-OH is 2. The Morgan fingerprint density at radius 1 is 1.16 bits per heavy atom. The maximum Gasteiger partial charge on any atom is 0.163 e. The topological polar surface area (TPSA) is 87.6 Å². The number of hydrogen-bond donors (Lipinski definition) is 3. The third-order valence-corrected chi connectivity index (χ3v) is 4.69. The van der Waals surface area contributed by atoms with Crippen molar-refractivity contribution in [2.75, 3.05) is 6.61 Å². The number of benzene rings is 1. The second-order valence-electron chi connectivity index (χ2n) is 6.94. The summed E-state index contributed by atoms with van der Waals surface area (Å²) in [4.78, 5) is 7.74. The van der Waals surface area contributed by atoms with Crippen molar-refractivity contribution < 1.29 is 19.7 Å². The van der Waals surface area contributed by atoms with E-state index in [9.17, 15) is 10.2 Å². The van der Waals surface area contributed by atoms with Crippen molar-refractivity contribution in [1.29, 1.82) is 0 Å². The number of hydrogen-bond acceptors (Lipinski definition) is 5. The molecule has 3 unspecified atom stereocenters. The van der Waals surface area contributed by atoms with Gasteiger partial charge in [-0.3, -0.25) is 4.98 Å². The Morgan fingerprint density at radius 2 is 1.92 bits per heavy atom. The van der Waals surface area contributed by atoms with Gasteiger partial charge in [0.15, 0.2) is 5.79 Å². The number of nitrogens with zero attached hydrogens (tertiary/aromatic N) is 1. The molecule has 0 radical (unpaired) electrons. The third kappa shape index (κ3) is 2.91. The summed E-state index contributed by atoms with van der Waals surface area (Å²) in [5.74, 6) is -0.766. The zero-order valence-corrected chi connectivity index (χ0v) is 14.3. The molecule has 1 fully saturated rings. The number of nitrogens with one attached hydrogen (secondary N) is 1. The summed E-state index contributed by atoms with van der Waals surface area (Å²) in [6.45, 7) is 3.46. The predicted octanol–water partition coefficient (Wildman–Crippen LogP) is 2.65. The first-order valence-corrected chi connectivity index (χ1v) is 8.48. The molecular weight excluding hydrogens is 320 g/mol. The molecule has 1 aliphatic heterocycles. The lowest BCUT2D eigenvalue weighted by Crippen LogP contribution is -2.28. The normalized spacial score (nSPS) is 24.2. The second-order valence-corrected chi connectivity index (χ2v) is 6.94. The molecule has 0 amide bonds. The van der Waals surface area contributed by atoms with Crippen LogP contribution in [0, 0.1) is 0 Å².